The van der Waals surface area contributed by atoms with Crippen LogP contribution in [0.3, 0.4) is 0 Å². The van der Waals surface area contributed by atoms with E-state index in [1.54, 1.807) is 11.8 Å². The lowest BCUT2D eigenvalue weighted by Gasteiger charge is -2.23. The number of thioether (sulfide) groups is 1. The van der Waals surface area contributed by atoms with Gasteiger partial charge in [0, 0.05) is 10.4 Å². The largest absolute Gasteiger partial charge is 0.325 e. The second kappa shape index (κ2) is 4.35. The van der Waals surface area contributed by atoms with Crippen molar-refractivity contribution in [1.29, 1.82) is 0 Å². The molecule has 1 aromatic carbocycles. The first kappa shape index (κ1) is 12.5. The molecular weight excluding hydrogens is 232 g/mol. The van der Waals surface area contributed by atoms with Crippen molar-refractivity contribution < 1.29 is 4.79 Å². The zero-order valence-electron chi connectivity index (χ0n) is 10.4. The quantitative estimate of drug-likeness (QED) is 0.847. The van der Waals surface area contributed by atoms with E-state index in [9.17, 15) is 4.79 Å². The minimum atomic E-state index is -0.206. The van der Waals surface area contributed by atoms with Crippen LogP contribution in [0, 0.1) is 0 Å². The normalized spacial score (nSPS) is 19.8. The highest BCUT2D eigenvalue weighted by atomic mass is 32.2. The van der Waals surface area contributed by atoms with Crippen molar-refractivity contribution in [3.05, 3.63) is 23.8 Å². The van der Waals surface area contributed by atoms with Crippen LogP contribution in [0.1, 0.15) is 26.3 Å². The summed E-state index contributed by atoms with van der Waals surface area (Å²) in [7, 11) is 0. The molecular formula is C13H18N2OS. The molecule has 92 valence electrons. The smallest absolute Gasteiger partial charge is 0.237 e. The molecule has 4 heteroatoms. The summed E-state index contributed by atoms with van der Waals surface area (Å²) >= 11 is 1.61. The van der Waals surface area contributed by atoms with Gasteiger partial charge in [0.15, 0.2) is 0 Å². The van der Waals surface area contributed by atoms with Crippen LogP contribution >= 0.6 is 11.8 Å². The minimum Gasteiger partial charge on any atom is -0.325 e. The van der Waals surface area contributed by atoms with Crippen molar-refractivity contribution in [3.63, 3.8) is 0 Å². The number of fused-ring (bicyclic) bond motifs is 1. The third kappa shape index (κ3) is 3.01. The number of benzene rings is 1. The summed E-state index contributed by atoms with van der Waals surface area (Å²) in [6.45, 7) is 5.95. The van der Waals surface area contributed by atoms with E-state index in [1.165, 1.54) is 5.56 Å². The Balaban J connectivity index is 2.26. The molecule has 1 amide bonds. The van der Waals surface area contributed by atoms with E-state index in [0.717, 1.165) is 17.0 Å². The van der Waals surface area contributed by atoms with Gasteiger partial charge in [-0.05, 0) is 44.9 Å². The first-order valence-corrected chi connectivity index (χ1v) is 6.62. The molecule has 1 unspecified atom stereocenters. The number of nitrogens with one attached hydrogen (secondary N) is 1. The topological polar surface area (TPSA) is 55.1 Å². The fourth-order valence-corrected chi connectivity index (χ4v) is 2.89. The third-order valence-electron chi connectivity index (χ3n) is 2.64. The van der Waals surface area contributed by atoms with E-state index in [-0.39, 0.29) is 16.7 Å². The maximum absolute atomic E-state index is 11.5. The van der Waals surface area contributed by atoms with Crippen molar-refractivity contribution in [1.82, 2.24) is 0 Å². The Bertz CT molecular complexity index is 451. The molecule has 0 bridgehead atoms. The maximum Gasteiger partial charge on any atom is 0.237 e. The Morgan fingerprint density at radius 2 is 2.18 bits per heavy atom. The van der Waals surface area contributed by atoms with Crippen molar-refractivity contribution in [3.8, 4) is 0 Å². The van der Waals surface area contributed by atoms with Crippen LogP contribution in [0.2, 0.25) is 0 Å². The van der Waals surface area contributed by atoms with Gasteiger partial charge in [0.05, 0.1) is 10.9 Å². The van der Waals surface area contributed by atoms with Crippen LogP contribution in [0.25, 0.3) is 0 Å². The molecule has 1 atom stereocenters. The highest BCUT2D eigenvalue weighted by Gasteiger charge is 2.23. The number of carbonyl (C=O) groups is 1. The Hall–Kier alpha value is -1.00. The van der Waals surface area contributed by atoms with Gasteiger partial charge < -0.3 is 11.1 Å². The highest BCUT2D eigenvalue weighted by Crippen LogP contribution is 2.36. The maximum atomic E-state index is 11.5. The zero-order chi connectivity index (χ0) is 12.6. The number of hydrogen-bond acceptors (Lipinski definition) is 3. The van der Waals surface area contributed by atoms with Crippen LogP contribution in [-0.2, 0) is 11.2 Å². The van der Waals surface area contributed by atoms with E-state index < -0.39 is 0 Å². The van der Waals surface area contributed by atoms with Gasteiger partial charge in [0.1, 0.15) is 0 Å². The fourth-order valence-electron chi connectivity index (χ4n) is 1.88. The number of hydrogen-bond donors (Lipinski definition) is 2. The first-order valence-electron chi connectivity index (χ1n) is 5.74. The van der Waals surface area contributed by atoms with Gasteiger partial charge >= 0.3 is 0 Å². The van der Waals surface area contributed by atoms with Crippen molar-refractivity contribution in [2.75, 3.05) is 5.32 Å². The molecule has 1 aliphatic heterocycles. The highest BCUT2D eigenvalue weighted by molar-refractivity contribution is 8.00. The van der Waals surface area contributed by atoms with E-state index in [2.05, 4.69) is 11.4 Å². The summed E-state index contributed by atoms with van der Waals surface area (Å²) < 4.78 is 0. The molecule has 0 spiro atoms. The molecule has 0 saturated carbocycles. The number of carbonyl (C=O) groups excluding carboxylic acids is 1. The van der Waals surface area contributed by atoms with E-state index >= 15 is 0 Å². The summed E-state index contributed by atoms with van der Waals surface area (Å²) in [5.74, 6) is 0.0782. The third-order valence-corrected chi connectivity index (χ3v) is 3.80. The molecule has 1 aliphatic rings. The lowest BCUT2D eigenvalue weighted by Crippen LogP contribution is -2.34. The van der Waals surface area contributed by atoms with Crippen LogP contribution in [0.15, 0.2) is 23.1 Å². The fraction of sp³-hybridized carbons (Fsp3) is 0.462. The number of rotatable bonds is 2. The van der Waals surface area contributed by atoms with Gasteiger partial charge in [-0.25, -0.2) is 0 Å². The van der Waals surface area contributed by atoms with Gasteiger partial charge in [-0.15, -0.1) is 11.8 Å². The van der Waals surface area contributed by atoms with Crippen LogP contribution in [0.4, 0.5) is 5.69 Å². The Morgan fingerprint density at radius 1 is 1.47 bits per heavy atom. The van der Waals surface area contributed by atoms with Crippen LogP contribution in [0.5, 0.6) is 0 Å². The molecule has 0 fully saturated rings. The number of anilines is 1. The molecule has 3 nitrogen and oxygen atoms in total. The predicted octanol–water partition coefficient (Wildman–Crippen LogP) is 2.40. The first-order chi connectivity index (χ1) is 7.85. The van der Waals surface area contributed by atoms with Crippen molar-refractivity contribution >= 4 is 23.4 Å². The molecule has 3 N–H and O–H groups in total. The molecule has 2 rings (SSSR count). The predicted molar refractivity (Wildman–Crippen MR) is 72.4 cm³/mol. The summed E-state index contributed by atoms with van der Waals surface area (Å²) in [6.07, 6.45) is 0.836. The summed E-state index contributed by atoms with van der Waals surface area (Å²) in [5, 5.41) is 2.88. The summed E-state index contributed by atoms with van der Waals surface area (Å²) in [5.41, 5.74) is 7.94. The molecule has 1 aromatic rings. The monoisotopic (exact) mass is 250 g/mol. The Labute approximate surface area is 106 Å². The Morgan fingerprint density at radius 3 is 2.82 bits per heavy atom. The average Bonchev–Trinajstić information content (AvgIpc) is 2.18. The lowest BCUT2D eigenvalue weighted by atomic mass is 9.96. The van der Waals surface area contributed by atoms with E-state index in [4.69, 9.17) is 5.73 Å². The van der Waals surface area contributed by atoms with Gasteiger partial charge in [-0.3, -0.25) is 4.79 Å². The summed E-state index contributed by atoms with van der Waals surface area (Å²) in [6, 6.07) is 6.13. The minimum absolute atomic E-state index is 0.0244. The average molecular weight is 250 g/mol. The molecule has 0 aromatic heterocycles. The van der Waals surface area contributed by atoms with Gasteiger partial charge in [-0.1, -0.05) is 6.07 Å². The zero-order valence-corrected chi connectivity index (χ0v) is 11.2. The van der Waals surface area contributed by atoms with Crippen LogP contribution in [-0.4, -0.2) is 16.7 Å². The second-order valence-electron chi connectivity index (χ2n) is 5.25. The molecule has 0 saturated heterocycles. The standard InChI is InChI=1S/C13H18N2OS/c1-8-12(16)15-10-5-4-9(6-11(10)17-8)7-13(2,3)14/h4-6,8H,7,14H2,1-3H3,(H,15,16). The van der Waals surface area contributed by atoms with Crippen LogP contribution < -0.4 is 11.1 Å². The molecule has 1 heterocycles. The lowest BCUT2D eigenvalue weighted by molar-refractivity contribution is -0.115. The van der Waals surface area contributed by atoms with E-state index in [0.29, 0.717) is 0 Å². The molecule has 0 aliphatic carbocycles. The van der Waals surface area contributed by atoms with Crippen molar-refractivity contribution in [2.45, 2.75) is 42.9 Å². The van der Waals surface area contributed by atoms with Gasteiger partial charge in [-0.2, -0.15) is 0 Å². The van der Waals surface area contributed by atoms with Crippen molar-refractivity contribution in [2.24, 2.45) is 5.73 Å². The van der Waals surface area contributed by atoms with Gasteiger partial charge in [0.2, 0.25) is 5.91 Å². The Kier molecular flexibility index (Phi) is 3.19. The van der Waals surface area contributed by atoms with Gasteiger partial charge in [0.25, 0.3) is 0 Å². The molecule has 17 heavy (non-hydrogen) atoms. The SMILES string of the molecule is CC1Sc2cc(CC(C)(C)N)ccc2NC1=O. The molecule has 0 radical (unpaired) electrons. The number of nitrogens with two attached hydrogens (primary N) is 1. The summed E-state index contributed by atoms with van der Waals surface area (Å²) in [4.78, 5) is 12.7. The number of amides is 1. The second-order valence-corrected chi connectivity index (χ2v) is 6.63. The van der Waals surface area contributed by atoms with E-state index in [1.807, 2.05) is 32.9 Å².